The van der Waals surface area contributed by atoms with Crippen LogP contribution < -0.4 is 11.1 Å². The lowest BCUT2D eigenvalue weighted by Gasteiger charge is -2.10. The van der Waals surface area contributed by atoms with Crippen LogP contribution in [0.15, 0.2) is 24.3 Å². The number of hydrogen-bond donors (Lipinski definition) is 2. The molecule has 0 saturated heterocycles. The third kappa shape index (κ3) is 3.53. The fourth-order valence-corrected chi connectivity index (χ4v) is 1.33. The molecule has 0 spiro atoms. The SMILES string of the molecule is CCC(N)CNC(=O)c1ccccc1Cl. The quantitative estimate of drug-likeness (QED) is 0.823. The van der Waals surface area contributed by atoms with Crippen molar-refractivity contribution in [2.75, 3.05) is 6.54 Å². The summed E-state index contributed by atoms with van der Waals surface area (Å²) in [5.74, 6) is -0.176. The Morgan fingerprint density at radius 3 is 2.80 bits per heavy atom. The highest BCUT2D eigenvalue weighted by Gasteiger charge is 2.09. The molecule has 0 aromatic heterocycles. The minimum Gasteiger partial charge on any atom is -0.350 e. The van der Waals surface area contributed by atoms with Gasteiger partial charge in [-0.1, -0.05) is 30.7 Å². The van der Waals surface area contributed by atoms with Crippen molar-refractivity contribution >= 4 is 17.5 Å². The first-order chi connectivity index (χ1) is 7.15. The largest absolute Gasteiger partial charge is 0.350 e. The third-order valence-electron chi connectivity index (χ3n) is 2.17. The van der Waals surface area contributed by atoms with Gasteiger partial charge in [0.05, 0.1) is 10.6 Å². The number of carbonyl (C=O) groups excluding carboxylic acids is 1. The number of hydrogen-bond acceptors (Lipinski definition) is 2. The van der Waals surface area contributed by atoms with Gasteiger partial charge in [-0.15, -0.1) is 0 Å². The zero-order valence-electron chi connectivity index (χ0n) is 8.66. The number of nitrogens with two attached hydrogens (primary N) is 1. The van der Waals surface area contributed by atoms with E-state index in [9.17, 15) is 4.79 Å². The van der Waals surface area contributed by atoms with Gasteiger partial charge in [0.15, 0.2) is 0 Å². The van der Waals surface area contributed by atoms with Gasteiger partial charge in [-0.3, -0.25) is 4.79 Å². The molecule has 0 aliphatic carbocycles. The van der Waals surface area contributed by atoms with E-state index in [1.54, 1.807) is 24.3 Å². The number of benzene rings is 1. The molecular formula is C11H15ClN2O. The molecule has 1 aromatic rings. The predicted octanol–water partition coefficient (Wildman–Crippen LogP) is 1.81. The Morgan fingerprint density at radius 1 is 1.53 bits per heavy atom. The molecule has 1 unspecified atom stereocenters. The van der Waals surface area contributed by atoms with E-state index in [-0.39, 0.29) is 11.9 Å². The van der Waals surface area contributed by atoms with E-state index >= 15 is 0 Å². The van der Waals surface area contributed by atoms with Crippen LogP contribution in [-0.2, 0) is 0 Å². The summed E-state index contributed by atoms with van der Waals surface area (Å²) in [5, 5.41) is 3.20. The van der Waals surface area contributed by atoms with Crippen molar-refractivity contribution in [3.63, 3.8) is 0 Å². The topological polar surface area (TPSA) is 55.1 Å². The van der Waals surface area contributed by atoms with Crippen LogP contribution in [0.4, 0.5) is 0 Å². The first-order valence-electron chi connectivity index (χ1n) is 4.93. The van der Waals surface area contributed by atoms with Crippen LogP contribution in [0, 0.1) is 0 Å². The van der Waals surface area contributed by atoms with Gasteiger partial charge in [0, 0.05) is 12.6 Å². The van der Waals surface area contributed by atoms with Gasteiger partial charge in [-0.2, -0.15) is 0 Å². The summed E-state index contributed by atoms with van der Waals surface area (Å²) < 4.78 is 0. The molecule has 0 radical (unpaired) electrons. The molecule has 3 N–H and O–H groups in total. The van der Waals surface area contributed by atoms with Crippen molar-refractivity contribution in [2.45, 2.75) is 19.4 Å². The lowest BCUT2D eigenvalue weighted by Crippen LogP contribution is -2.36. The van der Waals surface area contributed by atoms with Gasteiger partial charge >= 0.3 is 0 Å². The summed E-state index contributed by atoms with van der Waals surface area (Å²) in [7, 11) is 0. The molecule has 1 amide bonds. The minimum absolute atomic E-state index is 0.00330. The molecule has 0 aliphatic rings. The molecule has 0 fully saturated rings. The molecule has 0 aliphatic heterocycles. The van der Waals surface area contributed by atoms with E-state index in [0.717, 1.165) is 6.42 Å². The molecule has 4 heteroatoms. The maximum atomic E-state index is 11.6. The van der Waals surface area contributed by atoms with Crippen molar-refractivity contribution in [3.8, 4) is 0 Å². The monoisotopic (exact) mass is 226 g/mol. The van der Waals surface area contributed by atoms with E-state index in [0.29, 0.717) is 17.1 Å². The molecule has 0 heterocycles. The average Bonchev–Trinajstić information content (AvgIpc) is 2.26. The summed E-state index contributed by atoms with van der Waals surface area (Å²) in [6, 6.07) is 6.94. The standard InChI is InChI=1S/C11H15ClN2O/c1-2-8(13)7-14-11(15)9-5-3-4-6-10(9)12/h3-6,8H,2,7,13H2,1H3,(H,14,15). The highest BCUT2D eigenvalue weighted by atomic mass is 35.5. The second-order valence-corrected chi connectivity index (χ2v) is 3.77. The summed E-state index contributed by atoms with van der Waals surface area (Å²) >= 11 is 5.88. The van der Waals surface area contributed by atoms with Crippen LogP contribution in [0.5, 0.6) is 0 Å². The van der Waals surface area contributed by atoms with Crippen molar-refractivity contribution in [2.24, 2.45) is 5.73 Å². The zero-order chi connectivity index (χ0) is 11.3. The van der Waals surface area contributed by atoms with Crippen molar-refractivity contribution in [3.05, 3.63) is 34.9 Å². The second kappa shape index (κ2) is 5.73. The van der Waals surface area contributed by atoms with E-state index in [1.165, 1.54) is 0 Å². The van der Waals surface area contributed by atoms with Crippen LogP contribution in [0.2, 0.25) is 5.02 Å². The summed E-state index contributed by atoms with van der Waals surface area (Å²) in [5.41, 5.74) is 6.18. The molecule has 3 nitrogen and oxygen atoms in total. The smallest absolute Gasteiger partial charge is 0.252 e. The molecule has 15 heavy (non-hydrogen) atoms. The Morgan fingerprint density at radius 2 is 2.20 bits per heavy atom. The number of rotatable bonds is 4. The zero-order valence-corrected chi connectivity index (χ0v) is 9.42. The molecule has 1 rings (SSSR count). The highest BCUT2D eigenvalue weighted by Crippen LogP contribution is 2.14. The second-order valence-electron chi connectivity index (χ2n) is 3.36. The first-order valence-corrected chi connectivity index (χ1v) is 5.31. The number of nitrogens with one attached hydrogen (secondary N) is 1. The predicted molar refractivity (Wildman–Crippen MR) is 62.1 cm³/mol. The van der Waals surface area contributed by atoms with Gasteiger partial charge in [-0.25, -0.2) is 0 Å². The maximum absolute atomic E-state index is 11.6. The van der Waals surface area contributed by atoms with Crippen LogP contribution in [0.1, 0.15) is 23.7 Å². The Hall–Kier alpha value is -1.06. The minimum atomic E-state index is -0.176. The number of halogens is 1. The molecule has 0 bridgehead atoms. The molecule has 1 aromatic carbocycles. The Bertz CT molecular complexity index is 341. The Labute approximate surface area is 94.6 Å². The Balaban J connectivity index is 2.58. The third-order valence-corrected chi connectivity index (χ3v) is 2.50. The summed E-state index contributed by atoms with van der Waals surface area (Å²) in [6.45, 7) is 2.45. The highest BCUT2D eigenvalue weighted by molar-refractivity contribution is 6.33. The van der Waals surface area contributed by atoms with Crippen molar-refractivity contribution < 1.29 is 4.79 Å². The fourth-order valence-electron chi connectivity index (χ4n) is 1.11. The van der Waals surface area contributed by atoms with Crippen LogP contribution in [-0.4, -0.2) is 18.5 Å². The fraction of sp³-hybridized carbons (Fsp3) is 0.364. The number of carbonyl (C=O) groups is 1. The van der Waals surface area contributed by atoms with Gasteiger partial charge in [-0.05, 0) is 18.6 Å². The normalized spacial score (nSPS) is 12.2. The van der Waals surface area contributed by atoms with Crippen molar-refractivity contribution in [1.82, 2.24) is 5.32 Å². The molecular weight excluding hydrogens is 212 g/mol. The van der Waals surface area contributed by atoms with Crippen LogP contribution in [0.25, 0.3) is 0 Å². The summed E-state index contributed by atoms with van der Waals surface area (Å²) in [4.78, 5) is 11.6. The van der Waals surface area contributed by atoms with E-state index in [1.807, 2.05) is 6.92 Å². The van der Waals surface area contributed by atoms with E-state index in [4.69, 9.17) is 17.3 Å². The lowest BCUT2D eigenvalue weighted by molar-refractivity contribution is 0.0951. The van der Waals surface area contributed by atoms with Crippen LogP contribution >= 0.6 is 11.6 Å². The van der Waals surface area contributed by atoms with Gasteiger partial charge in [0.25, 0.3) is 5.91 Å². The van der Waals surface area contributed by atoms with Gasteiger partial charge < -0.3 is 11.1 Å². The molecule has 82 valence electrons. The van der Waals surface area contributed by atoms with Crippen molar-refractivity contribution in [1.29, 1.82) is 0 Å². The maximum Gasteiger partial charge on any atom is 0.252 e. The molecule has 1 atom stereocenters. The lowest BCUT2D eigenvalue weighted by atomic mass is 10.2. The van der Waals surface area contributed by atoms with Crippen LogP contribution in [0.3, 0.4) is 0 Å². The average molecular weight is 227 g/mol. The molecule has 0 saturated carbocycles. The van der Waals surface area contributed by atoms with E-state index < -0.39 is 0 Å². The van der Waals surface area contributed by atoms with E-state index in [2.05, 4.69) is 5.32 Å². The first kappa shape index (κ1) is 12.0. The number of amides is 1. The summed E-state index contributed by atoms with van der Waals surface area (Å²) in [6.07, 6.45) is 0.836. The Kier molecular flexibility index (Phi) is 4.59. The van der Waals surface area contributed by atoms with Gasteiger partial charge in [0.1, 0.15) is 0 Å². The van der Waals surface area contributed by atoms with Gasteiger partial charge in [0.2, 0.25) is 0 Å².